The summed E-state index contributed by atoms with van der Waals surface area (Å²) in [7, 11) is 0. The molecule has 3 amide bonds. The van der Waals surface area contributed by atoms with Gasteiger partial charge in [-0.3, -0.25) is 19.3 Å². The Morgan fingerprint density at radius 2 is 1.48 bits per heavy atom. The van der Waals surface area contributed by atoms with E-state index in [1.165, 1.54) is 4.90 Å². The van der Waals surface area contributed by atoms with Crippen LogP contribution in [0.15, 0.2) is 59.1 Å². The third-order valence-corrected chi connectivity index (χ3v) is 5.95. The van der Waals surface area contributed by atoms with E-state index in [1.807, 2.05) is 48.7 Å². The maximum absolute atomic E-state index is 12.9. The second-order valence-corrected chi connectivity index (χ2v) is 8.49. The minimum absolute atomic E-state index is 0.187. The third-order valence-electron chi connectivity index (χ3n) is 5.42. The van der Waals surface area contributed by atoms with Gasteiger partial charge in [0.2, 0.25) is 11.8 Å². The first kappa shape index (κ1) is 21.1. The molecule has 2 aromatic carbocycles. The van der Waals surface area contributed by atoms with E-state index in [2.05, 4.69) is 21.2 Å². The molecule has 0 aliphatic carbocycles. The molecule has 1 aliphatic heterocycles. The van der Waals surface area contributed by atoms with Crippen LogP contribution < -0.4 is 10.2 Å². The zero-order valence-corrected chi connectivity index (χ0v) is 18.9. The van der Waals surface area contributed by atoms with Crippen molar-refractivity contribution in [3.8, 4) is 5.69 Å². The van der Waals surface area contributed by atoms with E-state index >= 15 is 0 Å². The predicted octanol–water partition coefficient (Wildman–Crippen LogP) is 5.15. The number of carbonyl (C=O) groups is 3. The van der Waals surface area contributed by atoms with E-state index in [1.54, 1.807) is 24.3 Å². The van der Waals surface area contributed by atoms with Crippen molar-refractivity contribution in [2.24, 2.45) is 0 Å². The van der Waals surface area contributed by atoms with Crippen LogP contribution >= 0.6 is 15.9 Å². The number of piperidine rings is 1. The molecule has 1 fully saturated rings. The molecule has 0 saturated carbocycles. The molecular formula is C24H22BrN3O3. The fourth-order valence-electron chi connectivity index (χ4n) is 3.91. The van der Waals surface area contributed by atoms with Gasteiger partial charge in [0.15, 0.2) is 0 Å². The molecule has 31 heavy (non-hydrogen) atoms. The summed E-state index contributed by atoms with van der Waals surface area (Å²) in [4.78, 5) is 38.3. The first-order valence-corrected chi connectivity index (χ1v) is 10.9. The van der Waals surface area contributed by atoms with E-state index in [4.69, 9.17) is 0 Å². The normalized spacial score (nSPS) is 14.1. The van der Waals surface area contributed by atoms with Crippen molar-refractivity contribution in [2.45, 2.75) is 33.1 Å². The molecule has 0 unspecified atom stereocenters. The van der Waals surface area contributed by atoms with Gasteiger partial charge in [-0.1, -0.05) is 15.9 Å². The number of nitrogens with one attached hydrogen (secondary N) is 1. The number of nitrogens with zero attached hydrogens (tertiary/aromatic N) is 2. The summed E-state index contributed by atoms with van der Waals surface area (Å²) >= 11 is 3.44. The summed E-state index contributed by atoms with van der Waals surface area (Å²) in [5.74, 6) is -0.587. The second kappa shape index (κ2) is 8.51. The Bertz CT molecular complexity index is 1150. The zero-order valence-electron chi connectivity index (χ0n) is 17.3. The van der Waals surface area contributed by atoms with Crippen LogP contribution in [0, 0.1) is 13.8 Å². The molecule has 0 spiro atoms. The largest absolute Gasteiger partial charge is 0.322 e. The summed E-state index contributed by atoms with van der Waals surface area (Å²) in [5.41, 5.74) is 4.50. The topological polar surface area (TPSA) is 71.4 Å². The molecule has 1 aromatic heterocycles. The lowest BCUT2D eigenvalue weighted by Gasteiger charge is -2.24. The van der Waals surface area contributed by atoms with E-state index in [-0.39, 0.29) is 17.7 Å². The number of anilines is 2. The molecule has 0 bridgehead atoms. The minimum atomic E-state index is -0.214. The number of hydrogen-bond acceptors (Lipinski definition) is 3. The van der Waals surface area contributed by atoms with Gasteiger partial charge in [0, 0.05) is 40.1 Å². The highest BCUT2D eigenvalue weighted by Gasteiger charge is 2.27. The number of aryl methyl sites for hydroxylation is 1. The summed E-state index contributed by atoms with van der Waals surface area (Å²) in [6.45, 7) is 3.88. The predicted molar refractivity (Wildman–Crippen MR) is 124 cm³/mol. The number of hydrogen-bond donors (Lipinski definition) is 1. The van der Waals surface area contributed by atoms with Gasteiger partial charge in [0.25, 0.3) is 5.91 Å². The van der Waals surface area contributed by atoms with Crippen LogP contribution in [0.4, 0.5) is 11.4 Å². The van der Waals surface area contributed by atoms with Crippen LogP contribution in [0.2, 0.25) is 0 Å². The molecule has 3 aromatic rings. The number of amides is 3. The van der Waals surface area contributed by atoms with Gasteiger partial charge in [0.05, 0.1) is 11.3 Å². The second-order valence-electron chi connectivity index (χ2n) is 7.57. The fourth-order valence-corrected chi connectivity index (χ4v) is 4.18. The highest BCUT2D eigenvalue weighted by molar-refractivity contribution is 9.10. The van der Waals surface area contributed by atoms with Crippen molar-refractivity contribution in [2.75, 3.05) is 10.2 Å². The van der Waals surface area contributed by atoms with Crippen LogP contribution in [0.1, 0.15) is 41.0 Å². The van der Waals surface area contributed by atoms with Crippen LogP contribution in [-0.2, 0) is 9.59 Å². The molecule has 2 heterocycles. The Morgan fingerprint density at radius 1 is 0.903 bits per heavy atom. The van der Waals surface area contributed by atoms with Crippen molar-refractivity contribution < 1.29 is 14.4 Å². The number of benzene rings is 2. The van der Waals surface area contributed by atoms with E-state index in [0.29, 0.717) is 36.2 Å². The maximum Gasteiger partial charge on any atom is 0.257 e. The number of imide groups is 1. The summed E-state index contributed by atoms with van der Waals surface area (Å²) in [5, 5.41) is 2.90. The lowest BCUT2D eigenvalue weighted by atomic mass is 10.1. The van der Waals surface area contributed by atoms with Crippen molar-refractivity contribution in [3.05, 3.63) is 76.0 Å². The molecule has 0 atom stereocenters. The molecule has 0 radical (unpaired) electrons. The Kier molecular flexibility index (Phi) is 5.78. The molecule has 158 valence electrons. The summed E-state index contributed by atoms with van der Waals surface area (Å²) < 4.78 is 3.03. The molecule has 1 N–H and O–H groups in total. The van der Waals surface area contributed by atoms with Crippen LogP contribution in [0.25, 0.3) is 5.69 Å². The first-order valence-electron chi connectivity index (χ1n) is 10.1. The highest BCUT2D eigenvalue weighted by atomic mass is 79.9. The monoisotopic (exact) mass is 479 g/mol. The SMILES string of the molecule is Cc1cc(C(=O)Nc2ccc(N3C(=O)CCCC3=O)cc2)c(C)n1-c1ccc(Br)cc1. The lowest BCUT2D eigenvalue weighted by molar-refractivity contribution is -0.129. The Balaban J connectivity index is 1.54. The van der Waals surface area contributed by atoms with Gasteiger partial charge < -0.3 is 9.88 Å². The average molecular weight is 480 g/mol. The van der Waals surface area contributed by atoms with Gasteiger partial charge in [-0.25, -0.2) is 0 Å². The number of halogens is 1. The number of rotatable bonds is 4. The van der Waals surface area contributed by atoms with Crippen LogP contribution in [-0.4, -0.2) is 22.3 Å². The van der Waals surface area contributed by atoms with E-state index in [0.717, 1.165) is 21.5 Å². The van der Waals surface area contributed by atoms with E-state index in [9.17, 15) is 14.4 Å². The van der Waals surface area contributed by atoms with Gasteiger partial charge in [-0.2, -0.15) is 0 Å². The molecular weight excluding hydrogens is 458 g/mol. The molecule has 6 nitrogen and oxygen atoms in total. The van der Waals surface area contributed by atoms with Gasteiger partial charge in [-0.15, -0.1) is 0 Å². The van der Waals surface area contributed by atoms with Crippen LogP contribution in [0.5, 0.6) is 0 Å². The standard InChI is InChI=1S/C24H22BrN3O3/c1-15-14-21(16(2)27(15)19-10-6-17(25)7-11-19)24(31)26-18-8-12-20(13-9-18)28-22(29)4-3-5-23(28)30/h6-14H,3-5H2,1-2H3,(H,26,31). The molecule has 1 aliphatic rings. The van der Waals surface area contributed by atoms with Crippen molar-refractivity contribution in [3.63, 3.8) is 0 Å². The van der Waals surface area contributed by atoms with Gasteiger partial charge >= 0.3 is 0 Å². The highest BCUT2D eigenvalue weighted by Crippen LogP contribution is 2.26. The molecule has 1 saturated heterocycles. The van der Waals surface area contributed by atoms with Crippen LogP contribution in [0.3, 0.4) is 0 Å². The van der Waals surface area contributed by atoms with E-state index < -0.39 is 0 Å². The zero-order chi connectivity index (χ0) is 22.1. The third kappa shape index (κ3) is 4.18. The summed E-state index contributed by atoms with van der Waals surface area (Å²) in [6.07, 6.45) is 1.34. The Labute approximate surface area is 189 Å². The van der Waals surface area contributed by atoms with Gasteiger partial charge in [0.1, 0.15) is 0 Å². The first-order chi connectivity index (χ1) is 14.8. The molecule has 7 heteroatoms. The smallest absolute Gasteiger partial charge is 0.257 e. The van der Waals surface area contributed by atoms with Gasteiger partial charge in [-0.05, 0) is 74.9 Å². The number of carbonyl (C=O) groups excluding carboxylic acids is 3. The Hall–Kier alpha value is -3.19. The van der Waals surface area contributed by atoms with Crippen molar-refractivity contribution >= 4 is 45.0 Å². The fraction of sp³-hybridized carbons (Fsp3) is 0.208. The molecule has 4 rings (SSSR count). The maximum atomic E-state index is 12.9. The summed E-state index contributed by atoms with van der Waals surface area (Å²) in [6, 6.07) is 16.6. The van der Waals surface area contributed by atoms with Crippen molar-refractivity contribution in [1.29, 1.82) is 0 Å². The number of aromatic nitrogens is 1. The van der Waals surface area contributed by atoms with Crippen molar-refractivity contribution in [1.82, 2.24) is 4.57 Å². The quantitative estimate of drug-likeness (QED) is 0.525. The lowest BCUT2D eigenvalue weighted by Crippen LogP contribution is -2.40. The average Bonchev–Trinajstić information content (AvgIpc) is 3.04. The minimum Gasteiger partial charge on any atom is -0.322 e. The Morgan fingerprint density at radius 3 is 2.10 bits per heavy atom.